The number of Topliss-reactive ketones (excluding diaryl/α,β-unsaturated/α-hetero) is 1. The van der Waals surface area contributed by atoms with Gasteiger partial charge in [0.15, 0.2) is 11.5 Å². The Balaban J connectivity index is 1.54. The fourth-order valence-corrected chi connectivity index (χ4v) is 3.59. The maximum Gasteiger partial charge on any atom is 0.175 e. The van der Waals surface area contributed by atoms with Crippen LogP contribution in [0.4, 0.5) is 4.39 Å². The van der Waals surface area contributed by atoms with Crippen LogP contribution in [0, 0.1) is 0 Å². The minimum atomic E-state index is -1.75. The van der Waals surface area contributed by atoms with Crippen molar-refractivity contribution in [3.05, 3.63) is 36.3 Å². The van der Waals surface area contributed by atoms with Crippen LogP contribution in [0.2, 0.25) is 0 Å². The number of aryl methyl sites for hydroxylation is 1. The van der Waals surface area contributed by atoms with E-state index in [1.807, 2.05) is 19.1 Å². The number of fused-ring (bicyclic) bond motifs is 1. The average Bonchev–Trinajstić information content (AvgIpc) is 3.14. The van der Waals surface area contributed by atoms with E-state index in [-0.39, 0.29) is 25.0 Å². The van der Waals surface area contributed by atoms with Gasteiger partial charge in [-0.3, -0.25) is 14.5 Å². The Bertz CT molecular complexity index is 1010. The van der Waals surface area contributed by atoms with Crippen molar-refractivity contribution < 1.29 is 9.18 Å². The molecule has 28 heavy (non-hydrogen) atoms. The maximum absolute atomic E-state index is 15.1. The smallest absolute Gasteiger partial charge is 0.175 e. The Morgan fingerprint density at radius 2 is 2.04 bits per heavy atom. The van der Waals surface area contributed by atoms with Crippen LogP contribution >= 0.6 is 0 Å². The van der Waals surface area contributed by atoms with Crippen LogP contribution in [-0.2, 0) is 18.3 Å². The Kier molecular flexibility index (Phi) is 4.89. The van der Waals surface area contributed by atoms with Crippen LogP contribution in [0.25, 0.3) is 22.3 Å². The summed E-state index contributed by atoms with van der Waals surface area (Å²) in [5.41, 5.74) is 0.852. The number of hydrogen-bond acceptors (Lipinski definition) is 6. The fourth-order valence-electron chi connectivity index (χ4n) is 3.59. The van der Waals surface area contributed by atoms with Crippen LogP contribution < -0.4 is 0 Å². The Labute approximate surface area is 162 Å². The summed E-state index contributed by atoms with van der Waals surface area (Å²) in [4.78, 5) is 23.8. The van der Waals surface area contributed by atoms with E-state index in [9.17, 15) is 4.79 Å². The number of rotatable bonds is 5. The number of hydrogen-bond donors (Lipinski definition) is 0. The quantitative estimate of drug-likeness (QED) is 0.674. The molecular formula is C20H23FN6O. The summed E-state index contributed by atoms with van der Waals surface area (Å²) < 4.78 is 16.7. The summed E-state index contributed by atoms with van der Waals surface area (Å²) in [5.74, 6) is -0.389. The summed E-state index contributed by atoms with van der Waals surface area (Å²) in [6.07, 6.45) is 3.95. The molecule has 4 rings (SSSR count). The number of carbonyl (C=O) groups excluding carboxylic acids is 1. The minimum Gasteiger partial charge on any atom is -0.303 e. The van der Waals surface area contributed by atoms with Crippen molar-refractivity contribution in [2.24, 2.45) is 7.05 Å². The second-order valence-electron chi connectivity index (χ2n) is 7.34. The molecule has 0 radical (unpaired) electrons. The zero-order valence-electron chi connectivity index (χ0n) is 16.1. The van der Waals surface area contributed by atoms with Crippen LogP contribution in [0.5, 0.6) is 0 Å². The van der Waals surface area contributed by atoms with E-state index in [0.717, 1.165) is 11.9 Å². The highest BCUT2D eigenvalue weighted by Gasteiger charge is 2.40. The van der Waals surface area contributed by atoms with Crippen molar-refractivity contribution in [2.75, 3.05) is 19.6 Å². The van der Waals surface area contributed by atoms with Crippen molar-refractivity contribution in [1.29, 1.82) is 0 Å². The SMILES string of the molecule is CCN1CCC(F)(C(=O)Cc2cc3nc(-c4cn(C)nn4)ccc3cn2)CC1. The van der Waals surface area contributed by atoms with Gasteiger partial charge in [-0.05, 0) is 24.7 Å². The highest BCUT2D eigenvalue weighted by molar-refractivity contribution is 5.90. The Morgan fingerprint density at radius 3 is 2.71 bits per heavy atom. The van der Waals surface area contributed by atoms with Gasteiger partial charge in [0, 0.05) is 44.6 Å². The standard InChI is InChI=1S/C20H23FN6O/c1-3-27-8-6-20(21,7-9-27)19(28)11-15-10-17-14(12-22-15)4-5-16(23-17)18-13-26(2)25-24-18/h4-5,10,12-13H,3,6-9,11H2,1-2H3. The first-order valence-electron chi connectivity index (χ1n) is 9.54. The lowest BCUT2D eigenvalue weighted by Crippen LogP contribution is -2.47. The van der Waals surface area contributed by atoms with E-state index in [2.05, 4.69) is 25.2 Å². The number of piperidine rings is 1. The van der Waals surface area contributed by atoms with Crippen LogP contribution in [0.15, 0.2) is 30.6 Å². The average molecular weight is 382 g/mol. The van der Waals surface area contributed by atoms with Gasteiger partial charge in [0.1, 0.15) is 5.69 Å². The topological polar surface area (TPSA) is 76.8 Å². The highest BCUT2D eigenvalue weighted by Crippen LogP contribution is 2.29. The number of alkyl halides is 1. The van der Waals surface area contributed by atoms with Crippen molar-refractivity contribution in [3.63, 3.8) is 0 Å². The molecule has 146 valence electrons. The number of likely N-dealkylation sites (tertiary alicyclic amines) is 1. The summed E-state index contributed by atoms with van der Waals surface area (Å²) in [7, 11) is 1.79. The molecule has 1 saturated heterocycles. The predicted molar refractivity (Wildman–Crippen MR) is 103 cm³/mol. The summed E-state index contributed by atoms with van der Waals surface area (Å²) in [5, 5.41) is 8.86. The molecule has 3 aromatic rings. The molecular weight excluding hydrogens is 359 g/mol. The first-order chi connectivity index (χ1) is 13.5. The number of halogens is 1. The van der Waals surface area contributed by atoms with Crippen molar-refractivity contribution in [3.8, 4) is 11.4 Å². The van der Waals surface area contributed by atoms with E-state index in [1.54, 1.807) is 30.2 Å². The highest BCUT2D eigenvalue weighted by atomic mass is 19.1. The minimum absolute atomic E-state index is 0.0182. The van der Waals surface area contributed by atoms with Gasteiger partial charge in [-0.2, -0.15) is 0 Å². The predicted octanol–water partition coefficient (Wildman–Crippen LogP) is 2.36. The van der Waals surface area contributed by atoms with E-state index in [1.165, 1.54) is 0 Å². The molecule has 7 nitrogen and oxygen atoms in total. The lowest BCUT2D eigenvalue weighted by atomic mass is 9.87. The van der Waals surface area contributed by atoms with E-state index >= 15 is 4.39 Å². The largest absolute Gasteiger partial charge is 0.303 e. The van der Waals surface area contributed by atoms with Gasteiger partial charge in [-0.25, -0.2) is 9.37 Å². The van der Waals surface area contributed by atoms with Gasteiger partial charge in [-0.15, -0.1) is 5.10 Å². The molecule has 1 aliphatic rings. The van der Waals surface area contributed by atoms with Gasteiger partial charge < -0.3 is 4.90 Å². The van der Waals surface area contributed by atoms with Crippen molar-refractivity contribution >= 4 is 16.7 Å². The van der Waals surface area contributed by atoms with Gasteiger partial charge in [0.25, 0.3) is 0 Å². The third-order valence-electron chi connectivity index (χ3n) is 5.43. The van der Waals surface area contributed by atoms with Crippen LogP contribution in [0.3, 0.4) is 0 Å². The molecule has 0 bridgehead atoms. The van der Waals surface area contributed by atoms with Gasteiger partial charge in [0.05, 0.1) is 29.5 Å². The molecule has 4 heterocycles. The first kappa shape index (κ1) is 18.6. The van der Waals surface area contributed by atoms with Crippen molar-refractivity contribution in [1.82, 2.24) is 29.9 Å². The number of ketones is 1. The Morgan fingerprint density at radius 1 is 1.25 bits per heavy atom. The molecule has 0 unspecified atom stereocenters. The summed E-state index contributed by atoms with van der Waals surface area (Å²) >= 11 is 0. The molecule has 0 spiro atoms. The molecule has 0 aromatic carbocycles. The zero-order chi connectivity index (χ0) is 19.7. The van der Waals surface area contributed by atoms with E-state index < -0.39 is 5.67 Å². The van der Waals surface area contributed by atoms with Crippen LogP contribution in [-0.4, -0.2) is 60.9 Å². The van der Waals surface area contributed by atoms with E-state index in [0.29, 0.717) is 35.7 Å². The van der Waals surface area contributed by atoms with E-state index in [4.69, 9.17) is 0 Å². The fraction of sp³-hybridized carbons (Fsp3) is 0.450. The Hall–Kier alpha value is -2.74. The third-order valence-corrected chi connectivity index (χ3v) is 5.43. The first-order valence-corrected chi connectivity index (χ1v) is 9.54. The van der Waals surface area contributed by atoms with Crippen molar-refractivity contribution in [2.45, 2.75) is 31.9 Å². The molecule has 3 aromatic heterocycles. The molecule has 0 atom stereocenters. The molecule has 1 aliphatic heterocycles. The number of nitrogens with zero attached hydrogens (tertiary/aromatic N) is 6. The van der Waals surface area contributed by atoms with Gasteiger partial charge >= 0.3 is 0 Å². The lowest BCUT2D eigenvalue weighted by Gasteiger charge is -2.34. The number of aromatic nitrogens is 5. The monoisotopic (exact) mass is 382 g/mol. The molecule has 0 N–H and O–H groups in total. The van der Waals surface area contributed by atoms with Gasteiger partial charge in [-0.1, -0.05) is 12.1 Å². The summed E-state index contributed by atoms with van der Waals surface area (Å²) in [6.45, 7) is 4.17. The molecule has 1 fully saturated rings. The zero-order valence-corrected chi connectivity index (χ0v) is 16.1. The third kappa shape index (κ3) is 3.64. The normalized spacial score (nSPS) is 17.1. The summed E-state index contributed by atoms with van der Waals surface area (Å²) in [6, 6.07) is 5.52. The maximum atomic E-state index is 15.1. The number of pyridine rings is 2. The molecule has 0 saturated carbocycles. The second-order valence-corrected chi connectivity index (χ2v) is 7.34. The molecule has 8 heteroatoms. The second kappa shape index (κ2) is 7.35. The number of carbonyl (C=O) groups is 1. The lowest BCUT2D eigenvalue weighted by molar-refractivity contribution is -0.133. The van der Waals surface area contributed by atoms with Crippen LogP contribution in [0.1, 0.15) is 25.5 Å². The van der Waals surface area contributed by atoms with Gasteiger partial charge in [0.2, 0.25) is 0 Å². The molecule has 0 amide bonds. The molecule has 0 aliphatic carbocycles.